The lowest BCUT2D eigenvalue weighted by Gasteiger charge is -2.14. The van der Waals surface area contributed by atoms with Gasteiger partial charge in [0.25, 0.3) is 0 Å². The standard InChI is InChI=1S/C27H44N4O/c32-27(30-22-17-18-23-30)21-14-12-10-8-6-4-2-1-3-5-7-9-11-13-19-25-28-29-26-20-15-16-24-31(25)26/h15-16,20,24H,1-14,17-19,21-23H2. The normalized spacial score (nSPS) is 13.9. The zero-order chi connectivity index (χ0) is 22.3. The molecule has 178 valence electrons. The second-order valence-electron chi connectivity index (χ2n) is 9.58. The van der Waals surface area contributed by atoms with Gasteiger partial charge in [-0.05, 0) is 37.8 Å². The summed E-state index contributed by atoms with van der Waals surface area (Å²) in [6, 6.07) is 6.06. The van der Waals surface area contributed by atoms with Crippen molar-refractivity contribution in [1.29, 1.82) is 0 Å². The molecule has 0 spiro atoms. The van der Waals surface area contributed by atoms with Crippen LogP contribution in [0.1, 0.15) is 115 Å². The minimum absolute atomic E-state index is 0.395. The summed E-state index contributed by atoms with van der Waals surface area (Å²) in [6.45, 7) is 2.00. The molecular weight excluding hydrogens is 396 g/mol. The smallest absolute Gasteiger partial charge is 0.222 e. The number of aromatic nitrogens is 3. The van der Waals surface area contributed by atoms with E-state index >= 15 is 0 Å². The number of carbonyl (C=O) groups excluding carboxylic acids is 1. The second-order valence-corrected chi connectivity index (χ2v) is 9.58. The van der Waals surface area contributed by atoms with Crippen molar-refractivity contribution in [2.45, 2.75) is 116 Å². The minimum atomic E-state index is 0.395. The van der Waals surface area contributed by atoms with Crippen molar-refractivity contribution < 1.29 is 4.79 Å². The third-order valence-electron chi connectivity index (χ3n) is 6.88. The second kappa shape index (κ2) is 15.0. The highest BCUT2D eigenvalue weighted by Gasteiger charge is 2.16. The van der Waals surface area contributed by atoms with Crippen molar-refractivity contribution in [2.24, 2.45) is 0 Å². The number of hydrogen-bond acceptors (Lipinski definition) is 3. The summed E-state index contributed by atoms with van der Waals surface area (Å²) in [5.74, 6) is 1.49. The van der Waals surface area contributed by atoms with Gasteiger partial charge in [0.05, 0.1) is 0 Å². The number of unbranched alkanes of at least 4 members (excludes halogenated alkanes) is 13. The predicted molar refractivity (Wildman–Crippen MR) is 132 cm³/mol. The molecule has 0 aromatic carbocycles. The van der Waals surface area contributed by atoms with E-state index in [4.69, 9.17) is 0 Å². The van der Waals surface area contributed by atoms with Gasteiger partial charge in [0.1, 0.15) is 5.82 Å². The van der Waals surface area contributed by atoms with Crippen molar-refractivity contribution in [3.8, 4) is 0 Å². The van der Waals surface area contributed by atoms with Crippen LogP contribution in [0.25, 0.3) is 5.65 Å². The van der Waals surface area contributed by atoms with Crippen LogP contribution < -0.4 is 0 Å². The molecule has 3 rings (SSSR count). The maximum Gasteiger partial charge on any atom is 0.222 e. The number of nitrogens with zero attached hydrogens (tertiary/aromatic N) is 4. The Labute approximate surface area is 195 Å². The summed E-state index contributed by atoms with van der Waals surface area (Å²) in [4.78, 5) is 14.0. The molecule has 3 heterocycles. The Bertz CT molecular complexity index is 766. The Kier molecular flexibility index (Phi) is 11.6. The van der Waals surface area contributed by atoms with Crippen molar-refractivity contribution in [1.82, 2.24) is 19.5 Å². The maximum atomic E-state index is 12.0. The number of pyridine rings is 1. The van der Waals surface area contributed by atoms with E-state index < -0.39 is 0 Å². The Morgan fingerprint density at radius 3 is 1.91 bits per heavy atom. The minimum Gasteiger partial charge on any atom is -0.343 e. The van der Waals surface area contributed by atoms with E-state index in [0.29, 0.717) is 5.91 Å². The highest BCUT2D eigenvalue weighted by atomic mass is 16.2. The molecule has 1 fully saturated rings. The van der Waals surface area contributed by atoms with Gasteiger partial charge < -0.3 is 4.90 Å². The highest BCUT2D eigenvalue weighted by molar-refractivity contribution is 5.76. The fourth-order valence-corrected chi connectivity index (χ4v) is 4.87. The Morgan fingerprint density at radius 1 is 0.719 bits per heavy atom. The number of hydrogen-bond donors (Lipinski definition) is 0. The van der Waals surface area contributed by atoms with Gasteiger partial charge in [-0.3, -0.25) is 9.20 Å². The lowest BCUT2D eigenvalue weighted by Crippen LogP contribution is -2.27. The largest absolute Gasteiger partial charge is 0.343 e. The number of fused-ring (bicyclic) bond motifs is 1. The molecule has 32 heavy (non-hydrogen) atoms. The Morgan fingerprint density at radius 2 is 1.28 bits per heavy atom. The van der Waals surface area contributed by atoms with E-state index in [9.17, 15) is 4.79 Å². The number of amides is 1. The van der Waals surface area contributed by atoms with Crippen LogP contribution >= 0.6 is 0 Å². The SMILES string of the molecule is O=C(CCCCCCCCCCCCCCCCc1nnc2ccccn12)N1CCCC1. The molecule has 0 aliphatic carbocycles. The zero-order valence-electron chi connectivity index (χ0n) is 20.1. The molecule has 1 aliphatic rings. The van der Waals surface area contributed by atoms with Gasteiger partial charge in [-0.25, -0.2) is 0 Å². The van der Waals surface area contributed by atoms with E-state index in [-0.39, 0.29) is 0 Å². The van der Waals surface area contributed by atoms with Gasteiger partial charge in [-0.2, -0.15) is 0 Å². The average molecular weight is 441 g/mol. The maximum absolute atomic E-state index is 12.0. The van der Waals surface area contributed by atoms with E-state index in [1.807, 2.05) is 18.2 Å². The zero-order valence-corrected chi connectivity index (χ0v) is 20.1. The van der Waals surface area contributed by atoms with Crippen molar-refractivity contribution >= 4 is 11.6 Å². The van der Waals surface area contributed by atoms with Crippen molar-refractivity contribution in [3.63, 3.8) is 0 Å². The van der Waals surface area contributed by atoms with Gasteiger partial charge >= 0.3 is 0 Å². The van der Waals surface area contributed by atoms with Crippen LogP contribution in [0, 0.1) is 0 Å². The highest BCUT2D eigenvalue weighted by Crippen LogP contribution is 2.15. The van der Waals surface area contributed by atoms with Crippen LogP contribution in [0.5, 0.6) is 0 Å². The monoisotopic (exact) mass is 440 g/mol. The molecule has 0 bridgehead atoms. The van der Waals surface area contributed by atoms with Crippen LogP contribution in [-0.4, -0.2) is 38.5 Å². The van der Waals surface area contributed by atoms with Crippen LogP contribution in [-0.2, 0) is 11.2 Å². The first-order chi connectivity index (χ1) is 15.8. The fourth-order valence-electron chi connectivity index (χ4n) is 4.87. The molecule has 0 atom stereocenters. The molecule has 0 N–H and O–H groups in total. The fraction of sp³-hybridized carbons (Fsp3) is 0.741. The summed E-state index contributed by atoms with van der Waals surface area (Å²) in [5, 5.41) is 8.54. The number of likely N-dealkylation sites (tertiary alicyclic amines) is 1. The van der Waals surface area contributed by atoms with Crippen molar-refractivity contribution in [3.05, 3.63) is 30.2 Å². The van der Waals surface area contributed by atoms with Gasteiger partial charge in [-0.15, -0.1) is 10.2 Å². The number of carbonyl (C=O) groups is 1. The predicted octanol–water partition coefficient (Wildman–Crippen LogP) is 6.75. The van der Waals surface area contributed by atoms with Gasteiger partial charge in [0, 0.05) is 32.1 Å². The quantitative estimate of drug-likeness (QED) is 0.256. The molecule has 1 saturated heterocycles. The molecule has 0 radical (unpaired) electrons. The molecule has 1 aliphatic heterocycles. The number of rotatable bonds is 17. The Balaban J connectivity index is 1.03. The molecule has 0 saturated carbocycles. The molecule has 2 aromatic heterocycles. The molecular formula is C27H44N4O. The topological polar surface area (TPSA) is 50.5 Å². The lowest BCUT2D eigenvalue weighted by molar-refractivity contribution is -0.130. The average Bonchev–Trinajstić information content (AvgIpc) is 3.49. The summed E-state index contributed by atoms with van der Waals surface area (Å²) < 4.78 is 2.11. The molecule has 5 heteroatoms. The van der Waals surface area contributed by atoms with Crippen LogP contribution in [0.4, 0.5) is 0 Å². The first kappa shape index (κ1) is 24.7. The van der Waals surface area contributed by atoms with E-state index in [1.165, 1.54) is 96.3 Å². The van der Waals surface area contributed by atoms with E-state index in [0.717, 1.165) is 43.8 Å². The summed E-state index contributed by atoms with van der Waals surface area (Å²) in [7, 11) is 0. The van der Waals surface area contributed by atoms with Gasteiger partial charge in [-0.1, -0.05) is 83.1 Å². The summed E-state index contributed by atoms with van der Waals surface area (Å²) in [6.07, 6.45) is 24.8. The third-order valence-corrected chi connectivity index (χ3v) is 6.88. The van der Waals surface area contributed by atoms with Crippen molar-refractivity contribution in [2.75, 3.05) is 13.1 Å². The number of aryl methyl sites for hydroxylation is 1. The van der Waals surface area contributed by atoms with E-state index in [2.05, 4.69) is 25.7 Å². The van der Waals surface area contributed by atoms with E-state index in [1.54, 1.807) is 0 Å². The Hall–Kier alpha value is -1.91. The summed E-state index contributed by atoms with van der Waals surface area (Å²) in [5.41, 5.74) is 0.951. The lowest BCUT2D eigenvalue weighted by atomic mass is 10.0. The molecule has 5 nitrogen and oxygen atoms in total. The first-order valence-electron chi connectivity index (χ1n) is 13.4. The molecule has 1 amide bonds. The van der Waals surface area contributed by atoms with Crippen LogP contribution in [0.3, 0.4) is 0 Å². The molecule has 2 aromatic rings. The third kappa shape index (κ3) is 8.91. The molecule has 0 unspecified atom stereocenters. The van der Waals surface area contributed by atoms with Gasteiger partial charge in [0.15, 0.2) is 5.65 Å². The van der Waals surface area contributed by atoms with Crippen LogP contribution in [0.2, 0.25) is 0 Å². The first-order valence-corrected chi connectivity index (χ1v) is 13.4. The summed E-state index contributed by atoms with van der Waals surface area (Å²) >= 11 is 0. The van der Waals surface area contributed by atoms with Gasteiger partial charge in [0.2, 0.25) is 5.91 Å². The van der Waals surface area contributed by atoms with Crippen LogP contribution in [0.15, 0.2) is 24.4 Å².